The molecule has 0 bridgehead atoms. The smallest absolute Gasteiger partial charge is 0.424 e. The van der Waals surface area contributed by atoms with Gasteiger partial charge in [0.05, 0.1) is 0 Å². The normalized spacial score (nSPS) is 11.8. The third-order valence-electron chi connectivity index (χ3n) is 2.13. The molecule has 0 rings (SSSR count). The maximum absolute atomic E-state index is 11.5. The summed E-state index contributed by atoms with van der Waals surface area (Å²) >= 11 is 0. The van der Waals surface area contributed by atoms with E-state index in [2.05, 4.69) is 12.2 Å². The Kier molecular flexibility index (Phi) is 7.63. The van der Waals surface area contributed by atoms with Crippen LogP contribution in [0.15, 0.2) is 12.2 Å². The highest BCUT2D eigenvalue weighted by atomic mass is 16.6. The van der Waals surface area contributed by atoms with Gasteiger partial charge in [-0.05, 0) is 47.0 Å². The van der Waals surface area contributed by atoms with E-state index in [1.807, 2.05) is 27.7 Å². The van der Waals surface area contributed by atoms with Gasteiger partial charge < -0.3 is 4.74 Å². The highest BCUT2D eigenvalue weighted by molar-refractivity contribution is 5.67. The molecule has 0 saturated heterocycles. The number of unbranched alkanes of at least 4 members (excludes halogenated alkanes) is 3. The number of ether oxygens (including phenoxy) is 1. The minimum absolute atomic E-state index is 0.453. The number of rotatable bonds is 6. The van der Waals surface area contributed by atoms with E-state index in [0.29, 0.717) is 6.54 Å². The summed E-state index contributed by atoms with van der Waals surface area (Å²) in [6.45, 7) is 8.05. The molecule has 0 aliphatic carbocycles. The lowest BCUT2D eigenvalue weighted by Crippen LogP contribution is -2.41. The Morgan fingerprint density at radius 2 is 1.94 bits per heavy atom. The summed E-state index contributed by atoms with van der Waals surface area (Å²) < 4.78 is 5.15. The van der Waals surface area contributed by atoms with Crippen molar-refractivity contribution in [3.05, 3.63) is 12.2 Å². The molecule has 100 valence electrons. The molecule has 1 amide bonds. The largest absolute Gasteiger partial charge is 0.443 e. The minimum atomic E-state index is -0.485. The number of hydrazine groups is 1. The first-order valence-electron chi connectivity index (χ1n) is 6.23. The van der Waals surface area contributed by atoms with Gasteiger partial charge in [-0.3, -0.25) is 0 Å². The zero-order valence-electron chi connectivity index (χ0n) is 11.5. The number of nitrogens with two attached hydrogens (primary N) is 1. The molecule has 0 aromatic rings. The van der Waals surface area contributed by atoms with Gasteiger partial charge in [0.25, 0.3) is 0 Å². The standard InChI is InChI=1S/C13H26N2O2/c1-5-6-7-8-9-10-11-15(14)12(16)17-13(2,3)4/h5-6H,7-11,14H2,1-4H3. The summed E-state index contributed by atoms with van der Waals surface area (Å²) in [7, 11) is 0. The van der Waals surface area contributed by atoms with E-state index in [1.54, 1.807) is 0 Å². The number of hydrogen-bond donors (Lipinski definition) is 1. The van der Waals surface area contributed by atoms with Crippen molar-refractivity contribution in [3.63, 3.8) is 0 Å². The van der Waals surface area contributed by atoms with Crippen LogP contribution in [0.5, 0.6) is 0 Å². The highest BCUT2D eigenvalue weighted by Gasteiger charge is 2.19. The Balaban J connectivity index is 3.64. The zero-order valence-corrected chi connectivity index (χ0v) is 11.5. The van der Waals surface area contributed by atoms with Crippen molar-refractivity contribution in [2.45, 2.75) is 59.0 Å². The molecular weight excluding hydrogens is 216 g/mol. The van der Waals surface area contributed by atoms with Gasteiger partial charge in [0, 0.05) is 6.54 Å². The summed E-state index contributed by atoms with van der Waals surface area (Å²) in [6.07, 6.45) is 7.95. The maximum Gasteiger partial charge on any atom is 0.424 e. The molecule has 0 saturated carbocycles. The monoisotopic (exact) mass is 242 g/mol. The molecule has 17 heavy (non-hydrogen) atoms. The average Bonchev–Trinajstić information content (AvgIpc) is 2.20. The first-order valence-corrected chi connectivity index (χ1v) is 6.23. The van der Waals surface area contributed by atoms with Crippen molar-refractivity contribution < 1.29 is 9.53 Å². The molecule has 0 spiro atoms. The third-order valence-corrected chi connectivity index (χ3v) is 2.13. The van der Waals surface area contributed by atoms with Crippen LogP contribution in [0.2, 0.25) is 0 Å². The fourth-order valence-corrected chi connectivity index (χ4v) is 1.30. The predicted molar refractivity (Wildman–Crippen MR) is 70.4 cm³/mol. The summed E-state index contributed by atoms with van der Waals surface area (Å²) in [5, 5.41) is 1.15. The third kappa shape index (κ3) is 9.87. The van der Waals surface area contributed by atoms with E-state index < -0.39 is 11.7 Å². The van der Waals surface area contributed by atoms with Crippen molar-refractivity contribution >= 4 is 6.09 Å². The second-order valence-electron chi connectivity index (χ2n) is 5.09. The van der Waals surface area contributed by atoms with Crippen molar-refractivity contribution in [1.29, 1.82) is 0 Å². The van der Waals surface area contributed by atoms with Crippen molar-refractivity contribution in [1.82, 2.24) is 5.01 Å². The van der Waals surface area contributed by atoms with Crippen molar-refractivity contribution in [3.8, 4) is 0 Å². The molecule has 0 unspecified atom stereocenters. The van der Waals surface area contributed by atoms with Gasteiger partial charge in [-0.15, -0.1) is 0 Å². The number of allylic oxidation sites excluding steroid dienone is 2. The number of amides is 1. The highest BCUT2D eigenvalue weighted by Crippen LogP contribution is 2.09. The quantitative estimate of drug-likeness (QED) is 0.256. The van der Waals surface area contributed by atoms with Gasteiger partial charge in [-0.2, -0.15) is 0 Å². The Morgan fingerprint density at radius 3 is 2.47 bits per heavy atom. The molecule has 0 radical (unpaired) electrons. The van der Waals surface area contributed by atoms with Crippen LogP contribution in [0.1, 0.15) is 53.4 Å². The molecule has 0 atom stereocenters. The molecule has 0 aliphatic rings. The molecule has 4 nitrogen and oxygen atoms in total. The lowest BCUT2D eigenvalue weighted by Gasteiger charge is -2.24. The van der Waals surface area contributed by atoms with E-state index in [9.17, 15) is 4.79 Å². The summed E-state index contributed by atoms with van der Waals surface area (Å²) in [6, 6.07) is 0. The topological polar surface area (TPSA) is 55.6 Å². The Hall–Kier alpha value is -1.03. The fourth-order valence-electron chi connectivity index (χ4n) is 1.30. The van der Waals surface area contributed by atoms with Gasteiger partial charge in [0.2, 0.25) is 0 Å². The maximum atomic E-state index is 11.5. The number of carbonyl (C=O) groups is 1. The summed E-state index contributed by atoms with van der Waals surface area (Å²) in [5.41, 5.74) is -0.485. The van der Waals surface area contributed by atoms with E-state index in [1.165, 1.54) is 0 Å². The van der Waals surface area contributed by atoms with Crippen LogP contribution in [-0.2, 0) is 4.74 Å². The van der Waals surface area contributed by atoms with Crippen LogP contribution < -0.4 is 5.84 Å². The Bertz CT molecular complexity index is 244. The summed E-state index contributed by atoms with van der Waals surface area (Å²) in [5.74, 6) is 5.61. The van der Waals surface area contributed by atoms with Gasteiger partial charge in [-0.1, -0.05) is 18.6 Å². The van der Waals surface area contributed by atoms with Crippen molar-refractivity contribution in [2.75, 3.05) is 6.54 Å². The second kappa shape index (κ2) is 8.12. The molecule has 0 aliphatic heterocycles. The fraction of sp³-hybridized carbons (Fsp3) is 0.769. The van der Waals surface area contributed by atoms with Crippen LogP contribution in [0.3, 0.4) is 0 Å². The van der Waals surface area contributed by atoms with Gasteiger partial charge in [0.1, 0.15) is 5.60 Å². The number of nitrogens with zero attached hydrogens (tertiary/aromatic N) is 1. The van der Waals surface area contributed by atoms with E-state index in [-0.39, 0.29) is 0 Å². The predicted octanol–water partition coefficient (Wildman–Crippen LogP) is 3.23. The molecule has 0 aromatic heterocycles. The van der Waals surface area contributed by atoms with Gasteiger partial charge in [0.15, 0.2) is 0 Å². The molecule has 2 N–H and O–H groups in total. The number of hydrogen-bond acceptors (Lipinski definition) is 3. The lowest BCUT2D eigenvalue weighted by atomic mass is 10.2. The summed E-state index contributed by atoms with van der Waals surface area (Å²) in [4.78, 5) is 11.5. The minimum Gasteiger partial charge on any atom is -0.443 e. The number of carbonyl (C=O) groups excluding carboxylic acids is 1. The van der Waals surface area contributed by atoms with Crippen LogP contribution in [0.25, 0.3) is 0 Å². The SMILES string of the molecule is CC=CCCCCCN(N)C(=O)OC(C)(C)C. The molecule has 0 aromatic carbocycles. The van der Waals surface area contributed by atoms with E-state index in [0.717, 1.165) is 30.7 Å². The van der Waals surface area contributed by atoms with E-state index >= 15 is 0 Å². The second-order valence-corrected chi connectivity index (χ2v) is 5.09. The van der Waals surface area contributed by atoms with Crippen LogP contribution >= 0.6 is 0 Å². The first kappa shape index (κ1) is 16.0. The molecule has 0 fully saturated rings. The molecule has 0 heterocycles. The average molecular weight is 242 g/mol. The Morgan fingerprint density at radius 1 is 1.29 bits per heavy atom. The van der Waals surface area contributed by atoms with Gasteiger partial charge in [-0.25, -0.2) is 15.6 Å². The molecular formula is C13H26N2O2. The van der Waals surface area contributed by atoms with E-state index in [4.69, 9.17) is 10.6 Å². The van der Waals surface area contributed by atoms with Crippen LogP contribution in [0, 0.1) is 0 Å². The molecule has 4 heteroatoms. The Labute approximate surface area is 105 Å². The lowest BCUT2D eigenvalue weighted by molar-refractivity contribution is 0.0245. The van der Waals surface area contributed by atoms with Crippen LogP contribution in [0.4, 0.5) is 4.79 Å². The zero-order chi connectivity index (χ0) is 13.3. The van der Waals surface area contributed by atoms with Crippen molar-refractivity contribution in [2.24, 2.45) is 5.84 Å². The first-order chi connectivity index (χ1) is 7.87. The van der Waals surface area contributed by atoms with Gasteiger partial charge >= 0.3 is 6.09 Å². The van der Waals surface area contributed by atoms with Crippen LogP contribution in [-0.4, -0.2) is 23.2 Å².